The van der Waals surface area contributed by atoms with Gasteiger partial charge in [-0.1, -0.05) is 6.07 Å². The minimum absolute atomic E-state index is 0.136. The topological polar surface area (TPSA) is 36.4 Å². The Labute approximate surface area is 78.0 Å². The Morgan fingerprint density at radius 2 is 2.62 bits per heavy atom. The van der Waals surface area contributed by atoms with Gasteiger partial charge in [0.1, 0.15) is 0 Å². The van der Waals surface area contributed by atoms with E-state index < -0.39 is 0 Å². The zero-order chi connectivity index (χ0) is 9.10. The lowest BCUT2D eigenvalue weighted by Gasteiger charge is -2.13. The quantitative estimate of drug-likeness (QED) is 0.712. The summed E-state index contributed by atoms with van der Waals surface area (Å²) < 4.78 is 0. The molecule has 1 aromatic rings. The van der Waals surface area contributed by atoms with Crippen LogP contribution in [0.15, 0.2) is 18.3 Å². The third-order valence-electron chi connectivity index (χ3n) is 2.33. The Bertz CT molecular complexity index is 263. The average molecular weight is 177 g/mol. The van der Waals surface area contributed by atoms with E-state index in [1.54, 1.807) is 0 Å². The summed E-state index contributed by atoms with van der Waals surface area (Å²) in [6, 6.07) is 3.83. The van der Waals surface area contributed by atoms with Gasteiger partial charge in [-0.3, -0.25) is 9.88 Å². The average Bonchev–Trinajstić information content (AvgIpc) is 2.53. The number of aliphatic hydroxyl groups is 1. The van der Waals surface area contributed by atoms with Crippen molar-refractivity contribution in [1.82, 2.24) is 9.88 Å². The van der Waals surface area contributed by atoms with Crippen molar-refractivity contribution in [2.45, 2.75) is 19.1 Å². The summed E-state index contributed by atoms with van der Waals surface area (Å²) in [6.45, 7) is 2.66. The summed E-state index contributed by atoms with van der Waals surface area (Å²) in [5.41, 5.74) is 1.19. The largest absolute Gasteiger partial charge is 0.392 e. The standard InChI is InChI=1S/C10H13N2O/c13-10-3-5-12(8-10)7-9-2-1-4-11-6-9/h1-2,6,10,13H,3,5,7-8H2. The van der Waals surface area contributed by atoms with Crippen molar-refractivity contribution in [3.63, 3.8) is 0 Å². The van der Waals surface area contributed by atoms with Crippen LogP contribution in [0.2, 0.25) is 0 Å². The number of rotatable bonds is 2. The van der Waals surface area contributed by atoms with Crippen molar-refractivity contribution in [3.8, 4) is 0 Å². The minimum atomic E-state index is -0.136. The van der Waals surface area contributed by atoms with Crippen LogP contribution >= 0.6 is 0 Å². The zero-order valence-corrected chi connectivity index (χ0v) is 7.48. The lowest BCUT2D eigenvalue weighted by atomic mass is 10.3. The smallest absolute Gasteiger partial charge is 0.0886 e. The van der Waals surface area contributed by atoms with Crippen LogP contribution in [-0.2, 0) is 6.54 Å². The van der Waals surface area contributed by atoms with Gasteiger partial charge < -0.3 is 5.11 Å². The first-order chi connectivity index (χ1) is 6.34. The highest BCUT2D eigenvalue weighted by Crippen LogP contribution is 2.12. The molecule has 1 fully saturated rings. The SMILES string of the molecule is OC1CCN(Cc2cc[c]nc2)C1. The molecule has 0 bridgehead atoms. The van der Waals surface area contributed by atoms with Gasteiger partial charge >= 0.3 is 0 Å². The number of aliphatic hydroxyl groups excluding tert-OH is 1. The molecule has 1 aromatic heterocycles. The number of β-amino-alcohol motifs (C(OH)–C–C–N with tert-alkyl or cyclic N) is 1. The molecule has 0 aliphatic carbocycles. The van der Waals surface area contributed by atoms with Crippen LogP contribution in [-0.4, -0.2) is 34.2 Å². The summed E-state index contributed by atoms with van der Waals surface area (Å²) in [5, 5.41) is 9.31. The van der Waals surface area contributed by atoms with Gasteiger partial charge in [-0.05, 0) is 18.1 Å². The molecule has 1 saturated heterocycles. The van der Waals surface area contributed by atoms with E-state index in [1.165, 1.54) is 5.56 Å². The van der Waals surface area contributed by atoms with Crippen LogP contribution in [0.25, 0.3) is 0 Å². The molecule has 1 atom stereocenters. The van der Waals surface area contributed by atoms with Crippen LogP contribution in [0.4, 0.5) is 0 Å². The van der Waals surface area contributed by atoms with E-state index in [0.29, 0.717) is 0 Å². The second-order valence-corrected chi connectivity index (χ2v) is 3.47. The van der Waals surface area contributed by atoms with Gasteiger partial charge in [0.25, 0.3) is 0 Å². The highest BCUT2D eigenvalue weighted by molar-refractivity contribution is 5.07. The lowest BCUT2D eigenvalue weighted by molar-refractivity contribution is 0.175. The fraction of sp³-hybridized carbons (Fsp3) is 0.500. The molecule has 0 spiro atoms. The van der Waals surface area contributed by atoms with E-state index in [2.05, 4.69) is 16.1 Å². The van der Waals surface area contributed by atoms with Crippen molar-refractivity contribution in [2.75, 3.05) is 13.1 Å². The van der Waals surface area contributed by atoms with Crippen molar-refractivity contribution >= 4 is 0 Å². The van der Waals surface area contributed by atoms with E-state index in [0.717, 1.165) is 26.1 Å². The maximum atomic E-state index is 9.31. The molecule has 0 saturated carbocycles. The van der Waals surface area contributed by atoms with E-state index in [-0.39, 0.29) is 6.10 Å². The van der Waals surface area contributed by atoms with Crippen molar-refractivity contribution in [3.05, 3.63) is 30.1 Å². The second kappa shape index (κ2) is 3.85. The normalized spacial score (nSPS) is 23.6. The number of hydrogen-bond acceptors (Lipinski definition) is 3. The van der Waals surface area contributed by atoms with E-state index in [1.807, 2.05) is 18.3 Å². The Hall–Kier alpha value is -0.930. The Balaban J connectivity index is 1.92. The van der Waals surface area contributed by atoms with Gasteiger partial charge in [0, 0.05) is 25.8 Å². The van der Waals surface area contributed by atoms with Crippen LogP contribution in [0.3, 0.4) is 0 Å². The Morgan fingerprint density at radius 3 is 3.23 bits per heavy atom. The predicted octanol–water partition coefficient (Wildman–Crippen LogP) is 0.448. The Kier molecular flexibility index (Phi) is 2.57. The van der Waals surface area contributed by atoms with Gasteiger partial charge in [0.2, 0.25) is 0 Å². The van der Waals surface area contributed by atoms with Crippen molar-refractivity contribution < 1.29 is 5.11 Å². The third kappa shape index (κ3) is 2.26. The molecule has 13 heavy (non-hydrogen) atoms. The van der Waals surface area contributed by atoms with E-state index in [9.17, 15) is 5.11 Å². The van der Waals surface area contributed by atoms with Crippen LogP contribution in [0.1, 0.15) is 12.0 Å². The molecule has 1 radical (unpaired) electrons. The molecule has 2 heterocycles. The summed E-state index contributed by atoms with van der Waals surface area (Å²) in [7, 11) is 0. The maximum Gasteiger partial charge on any atom is 0.0886 e. The number of nitrogens with zero attached hydrogens (tertiary/aromatic N) is 2. The first kappa shape index (κ1) is 8.66. The van der Waals surface area contributed by atoms with Gasteiger partial charge in [-0.2, -0.15) is 0 Å². The third-order valence-corrected chi connectivity index (χ3v) is 2.33. The fourth-order valence-corrected chi connectivity index (χ4v) is 1.66. The highest BCUT2D eigenvalue weighted by atomic mass is 16.3. The van der Waals surface area contributed by atoms with Crippen LogP contribution in [0.5, 0.6) is 0 Å². The van der Waals surface area contributed by atoms with Gasteiger partial charge in [0.15, 0.2) is 0 Å². The molecule has 3 nitrogen and oxygen atoms in total. The zero-order valence-electron chi connectivity index (χ0n) is 7.48. The van der Waals surface area contributed by atoms with Crippen LogP contribution < -0.4 is 0 Å². The van der Waals surface area contributed by atoms with Crippen molar-refractivity contribution in [1.29, 1.82) is 0 Å². The van der Waals surface area contributed by atoms with E-state index >= 15 is 0 Å². The molecule has 1 aliphatic heterocycles. The first-order valence-corrected chi connectivity index (χ1v) is 4.56. The van der Waals surface area contributed by atoms with Crippen LogP contribution in [0, 0.1) is 6.20 Å². The fourth-order valence-electron chi connectivity index (χ4n) is 1.66. The molecular formula is C10H13N2O. The number of aromatic nitrogens is 1. The molecule has 1 N–H and O–H groups in total. The number of likely N-dealkylation sites (tertiary alicyclic amines) is 1. The monoisotopic (exact) mass is 177 g/mol. The van der Waals surface area contributed by atoms with Crippen molar-refractivity contribution in [2.24, 2.45) is 0 Å². The summed E-state index contributed by atoms with van der Waals surface area (Å²) in [4.78, 5) is 6.17. The van der Waals surface area contributed by atoms with Gasteiger partial charge in [-0.25, -0.2) is 0 Å². The number of hydrogen-bond donors (Lipinski definition) is 1. The van der Waals surface area contributed by atoms with E-state index in [4.69, 9.17) is 0 Å². The lowest BCUT2D eigenvalue weighted by Crippen LogP contribution is -2.21. The summed E-state index contributed by atoms with van der Waals surface area (Å²) >= 11 is 0. The Morgan fingerprint density at radius 1 is 1.69 bits per heavy atom. The molecule has 1 aliphatic rings. The second-order valence-electron chi connectivity index (χ2n) is 3.47. The molecule has 0 aromatic carbocycles. The molecule has 1 unspecified atom stereocenters. The molecular weight excluding hydrogens is 164 g/mol. The van der Waals surface area contributed by atoms with Gasteiger partial charge in [0.05, 0.1) is 12.3 Å². The highest BCUT2D eigenvalue weighted by Gasteiger charge is 2.19. The van der Waals surface area contributed by atoms with Gasteiger partial charge in [-0.15, -0.1) is 0 Å². The number of pyridine rings is 1. The summed E-state index contributed by atoms with van der Waals surface area (Å²) in [6.07, 6.45) is 5.33. The predicted molar refractivity (Wildman–Crippen MR) is 49.0 cm³/mol. The molecule has 2 rings (SSSR count). The maximum absolute atomic E-state index is 9.31. The molecule has 69 valence electrons. The minimum Gasteiger partial charge on any atom is -0.392 e. The molecule has 3 heteroatoms. The molecule has 0 amide bonds. The first-order valence-electron chi connectivity index (χ1n) is 4.56. The summed E-state index contributed by atoms with van der Waals surface area (Å²) in [5.74, 6) is 0.